The average molecular weight is 345 g/mol. The molecular formula is C17H19N3O3S. The third-order valence-electron chi connectivity index (χ3n) is 4.17. The van der Waals surface area contributed by atoms with Gasteiger partial charge in [0.2, 0.25) is 0 Å². The number of nitro groups is 1. The molecule has 24 heavy (non-hydrogen) atoms. The van der Waals surface area contributed by atoms with Crippen LogP contribution < -0.4 is 10.2 Å². The number of thiophene rings is 1. The molecule has 1 saturated heterocycles. The Labute approximate surface area is 144 Å². The van der Waals surface area contributed by atoms with Crippen LogP contribution in [0.3, 0.4) is 0 Å². The Hall–Kier alpha value is -2.41. The Balaban J connectivity index is 1.59. The van der Waals surface area contributed by atoms with Crippen molar-refractivity contribution in [3.63, 3.8) is 0 Å². The van der Waals surface area contributed by atoms with Gasteiger partial charge in [-0.3, -0.25) is 14.9 Å². The van der Waals surface area contributed by atoms with Crippen molar-refractivity contribution >= 4 is 28.6 Å². The molecule has 1 fully saturated rings. The van der Waals surface area contributed by atoms with E-state index in [9.17, 15) is 14.9 Å². The molecule has 2 aromatic rings. The molecule has 3 rings (SSSR count). The molecule has 7 heteroatoms. The van der Waals surface area contributed by atoms with Crippen molar-refractivity contribution in [1.29, 1.82) is 0 Å². The van der Waals surface area contributed by atoms with Crippen LogP contribution >= 0.6 is 11.3 Å². The molecule has 1 amide bonds. The molecule has 1 aliphatic heterocycles. The molecule has 1 aromatic carbocycles. The quantitative estimate of drug-likeness (QED) is 0.665. The van der Waals surface area contributed by atoms with Crippen molar-refractivity contribution in [3.8, 4) is 0 Å². The van der Waals surface area contributed by atoms with Crippen LogP contribution in [-0.4, -0.2) is 23.9 Å². The summed E-state index contributed by atoms with van der Waals surface area (Å²) in [5.41, 5.74) is 2.22. The molecule has 0 saturated carbocycles. The second-order valence-corrected chi connectivity index (χ2v) is 7.11. The first-order valence-electron chi connectivity index (χ1n) is 7.91. The van der Waals surface area contributed by atoms with Gasteiger partial charge in [0.25, 0.3) is 11.6 Å². The number of hydrogen-bond acceptors (Lipinski definition) is 5. The smallest absolute Gasteiger partial charge is 0.283 e. The summed E-state index contributed by atoms with van der Waals surface area (Å²) in [6, 6.07) is 9.51. The SMILES string of the molecule is Cc1sc(C(=O)NCc2ccc(N3CCCC3)cc2)cc1[N+](=O)[O-]. The Bertz CT molecular complexity index is 749. The molecule has 1 aromatic heterocycles. The minimum atomic E-state index is -0.459. The molecule has 0 radical (unpaired) electrons. The zero-order chi connectivity index (χ0) is 17.1. The number of hydrogen-bond donors (Lipinski definition) is 1. The number of carbonyl (C=O) groups is 1. The highest BCUT2D eigenvalue weighted by molar-refractivity contribution is 7.14. The Morgan fingerprint density at radius 2 is 1.96 bits per heavy atom. The van der Waals surface area contributed by atoms with E-state index < -0.39 is 4.92 Å². The van der Waals surface area contributed by atoms with E-state index in [1.54, 1.807) is 6.92 Å². The molecule has 6 nitrogen and oxygen atoms in total. The molecule has 0 bridgehead atoms. The minimum absolute atomic E-state index is 0.000107. The van der Waals surface area contributed by atoms with Gasteiger partial charge >= 0.3 is 0 Å². The second-order valence-electron chi connectivity index (χ2n) is 5.85. The van der Waals surface area contributed by atoms with Crippen LogP contribution in [0.25, 0.3) is 0 Å². The fraction of sp³-hybridized carbons (Fsp3) is 0.353. The Morgan fingerprint density at radius 1 is 1.29 bits per heavy atom. The van der Waals surface area contributed by atoms with E-state index in [-0.39, 0.29) is 11.6 Å². The van der Waals surface area contributed by atoms with E-state index in [4.69, 9.17) is 0 Å². The first-order chi connectivity index (χ1) is 11.5. The third-order valence-corrected chi connectivity index (χ3v) is 5.21. The highest BCUT2D eigenvalue weighted by Gasteiger charge is 2.19. The van der Waals surface area contributed by atoms with Crippen LogP contribution in [0.2, 0.25) is 0 Å². The maximum atomic E-state index is 12.2. The minimum Gasteiger partial charge on any atom is -0.372 e. The number of rotatable bonds is 5. The summed E-state index contributed by atoms with van der Waals surface area (Å²) in [4.78, 5) is 25.8. The van der Waals surface area contributed by atoms with E-state index in [1.165, 1.54) is 24.6 Å². The van der Waals surface area contributed by atoms with Crippen LogP contribution in [0.1, 0.15) is 33.0 Å². The maximum Gasteiger partial charge on any atom is 0.283 e. The lowest BCUT2D eigenvalue weighted by molar-refractivity contribution is -0.385. The monoisotopic (exact) mass is 345 g/mol. The van der Waals surface area contributed by atoms with Crippen molar-refractivity contribution in [2.24, 2.45) is 0 Å². The largest absolute Gasteiger partial charge is 0.372 e. The summed E-state index contributed by atoms with van der Waals surface area (Å²) in [5.74, 6) is -0.278. The highest BCUT2D eigenvalue weighted by atomic mass is 32.1. The molecule has 2 heterocycles. The number of amides is 1. The van der Waals surface area contributed by atoms with Crippen LogP contribution in [0, 0.1) is 17.0 Å². The van der Waals surface area contributed by atoms with E-state index in [1.807, 2.05) is 12.1 Å². The number of nitrogens with zero attached hydrogens (tertiary/aromatic N) is 2. The van der Waals surface area contributed by atoms with Gasteiger partial charge in [-0.25, -0.2) is 0 Å². The van der Waals surface area contributed by atoms with E-state index >= 15 is 0 Å². The van der Waals surface area contributed by atoms with Gasteiger partial charge in [-0.1, -0.05) is 12.1 Å². The summed E-state index contributed by atoms with van der Waals surface area (Å²) < 4.78 is 0. The summed E-state index contributed by atoms with van der Waals surface area (Å²) >= 11 is 1.14. The molecule has 0 atom stereocenters. The van der Waals surface area contributed by atoms with Crippen molar-refractivity contribution in [1.82, 2.24) is 5.32 Å². The van der Waals surface area contributed by atoms with Crippen molar-refractivity contribution in [2.75, 3.05) is 18.0 Å². The highest BCUT2D eigenvalue weighted by Crippen LogP contribution is 2.28. The first kappa shape index (κ1) is 16.4. The van der Waals surface area contributed by atoms with Gasteiger partial charge in [-0.05, 0) is 37.5 Å². The van der Waals surface area contributed by atoms with Crippen LogP contribution in [-0.2, 0) is 6.54 Å². The van der Waals surface area contributed by atoms with Crippen LogP contribution in [0.5, 0.6) is 0 Å². The zero-order valence-corrected chi connectivity index (χ0v) is 14.3. The molecule has 0 spiro atoms. The third kappa shape index (κ3) is 3.56. The van der Waals surface area contributed by atoms with Crippen molar-refractivity contribution in [2.45, 2.75) is 26.3 Å². The van der Waals surface area contributed by atoms with E-state index in [0.29, 0.717) is 16.3 Å². The van der Waals surface area contributed by atoms with Crippen molar-refractivity contribution in [3.05, 3.63) is 55.8 Å². The summed E-state index contributed by atoms with van der Waals surface area (Å²) in [6.07, 6.45) is 2.48. The summed E-state index contributed by atoms with van der Waals surface area (Å²) in [7, 11) is 0. The molecule has 1 N–H and O–H groups in total. The number of benzene rings is 1. The summed E-state index contributed by atoms with van der Waals surface area (Å²) in [5, 5.41) is 13.7. The van der Waals surface area contributed by atoms with Gasteiger partial charge in [-0.2, -0.15) is 0 Å². The lowest BCUT2D eigenvalue weighted by atomic mass is 10.2. The predicted molar refractivity (Wildman–Crippen MR) is 94.8 cm³/mol. The fourth-order valence-electron chi connectivity index (χ4n) is 2.84. The van der Waals surface area contributed by atoms with Gasteiger partial charge in [0, 0.05) is 31.4 Å². The molecular weight excluding hydrogens is 326 g/mol. The fourth-order valence-corrected chi connectivity index (χ4v) is 3.74. The lowest BCUT2D eigenvalue weighted by Gasteiger charge is -2.17. The standard InChI is InChI=1S/C17H19N3O3S/c1-12-15(20(22)23)10-16(24-12)17(21)18-11-13-4-6-14(7-5-13)19-8-2-3-9-19/h4-7,10H,2-3,8-9,11H2,1H3,(H,18,21). The topological polar surface area (TPSA) is 75.5 Å². The molecule has 1 aliphatic rings. The van der Waals surface area contributed by atoms with Gasteiger partial charge in [0.15, 0.2) is 0 Å². The normalized spacial score (nSPS) is 14.0. The zero-order valence-electron chi connectivity index (χ0n) is 13.4. The maximum absolute atomic E-state index is 12.2. The predicted octanol–water partition coefficient (Wildman–Crippen LogP) is 3.49. The molecule has 0 aliphatic carbocycles. The number of nitrogens with one attached hydrogen (secondary N) is 1. The number of anilines is 1. The Morgan fingerprint density at radius 3 is 2.54 bits per heavy atom. The van der Waals surface area contributed by atoms with E-state index in [0.717, 1.165) is 30.0 Å². The van der Waals surface area contributed by atoms with Crippen LogP contribution in [0.15, 0.2) is 30.3 Å². The molecule has 0 unspecified atom stereocenters. The van der Waals surface area contributed by atoms with E-state index in [2.05, 4.69) is 22.3 Å². The lowest BCUT2D eigenvalue weighted by Crippen LogP contribution is -2.22. The Kier molecular flexibility index (Phi) is 4.80. The second kappa shape index (κ2) is 7.00. The average Bonchev–Trinajstić information content (AvgIpc) is 3.22. The van der Waals surface area contributed by atoms with Crippen molar-refractivity contribution < 1.29 is 9.72 Å². The van der Waals surface area contributed by atoms with Gasteiger partial charge in [-0.15, -0.1) is 11.3 Å². The van der Waals surface area contributed by atoms with Gasteiger partial charge < -0.3 is 10.2 Å². The van der Waals surface area contributed by atoms with Gasteiger partial charge in [0.05, 0.1) is 14.7 Å². The van der Waals surface area contributed by atoms with Gasteiger partial charge in [0.1, 0.15) is 0 Å². The first-order valence-corrected chi connectivity index (χ1v) is 8.73. The molecule has 126 valence electrons. The van der Waals surface area contributed by atoms with Crippen LogP contribution in [0.4, 0.5) is 11.4 Å². The summed E-state index contributed by atoms with van der Waals surface area (Å²) in [6.45, 7) is 4.26. The number of aryl methyl sites for hydroxylation is 1. The number of carbonyl (C=O) groups excluding carboxylic acids is 1.